The van der Waals surface area contributed by atoms with E-state index in [4.69, 9.17) is 0 Å². The number of nitrogens with zero attached hydrogens (tertiary/aromatic N) is 2. The minimum absolute atomic E-state index is 0.175. The molecule has 0 aliphatic rings. The van der Waals surface area contributed by atoms with Crippen molar-refractivity contribution in [3.63, 3.8) is 0 Å². The molecule has 6 aromatic rings. The fraction of sp³-hybridized carbons (Fsp3) is 0.125. The van der Waals surface area contributed by atoms with Crippen LogP contribution in [0.2, 0.25) is 0 Å². The SMILES string of the molecule is Cc1cc2c3cccc(F)c3n3c4cccc5cc[n+](C)c(c(c1C)c23)c54. The Hall–Kier alpha value is -3.20. The maximum absolute atomic E-state index is 15.0. The smallest absolute Gasteiger partial charge is 0.224 e. The van der Waals surface area contributed by atoms with Crippen molar-refractivity contribution in [3.05, 3.63) is 71.7 Å². The van der Waals surface area contributed by atoms with E-state index in [1.807, 2.05) is 12.1 Å². The van der Waals surface area contributed by atoms with Crippen molar-refractivity contribution in [2.75, 3.05) is 0 Å². The third-order valence-electron chi connectivity index (χ3n) is 6.16. The summed E-state index contributed by atoms with van der Waals surface area (Å²) in [6.45, 7) is 4.32. The van der Waals surface area contributed by atoms with Gasteiger partial charge in [-0.05, 0) is 48.6 Å². The number of hydrogen-bond donors (Lipinski definition) is 0. The molecule has 6 rings (SSSR count). The molecule has 27 heavy (non-hydrogen) atoms. The summed E-state index contributed by atoms with van der Waals surface area (Å²) in [4.78, 5) is 0. The van der Waals surface area contributed by atoms with Gasteiger partial charge in [-0.1, -0.05) is 24.3 Å². The molecule has 3 aromatic heterocycles. The second-order valence-electron chi connectivity index (χ2n) is 7.58. The van der Waals surface area contributed by atoms with Crippen LogP contribution in [0.5, 0.6) is 0 Å². The van der Waals surface area contributed by atoms with E-state index in [0.717, 1.165) is 21.8 Å². The molecule has 0 unspecified atom stereocenters. The number of benzene rings is 3. The van der Waals surface area contributed by atoms with Gasteiger partial charge >= 0.3 is 0 Å². The van der Waals surface area contributed by atoms with E-state index >= 15 is 4.39 Å². The van der Waals surface area contributed by atoms with Gasteiger partial charge < -0.3 is 4.40 Å². The predicted octanol–water partition coefficient (Wildman–Crippen LogP) is 5.57. The Balaban J connectivity index is 2.19. The first-order valence-corrected chi connectivity index (χ1v) is 9.23. The summed E-state index contributed by atoms with van der Waals surface area (Å²) in [5, 5.41) is 5.67. The number of aryl methyl sites for hydroxylation is 3. The average Bonchev–Trinajstić information content (AvgIpc) is 2.99. The zero-order chi connectivity index (χ0) is 18.4. The molecule has 0 radical (unpaired) electrons. The van der Waals surface area contributed by atoms with Crippen LogP contribution >= 0.6 is 0 Å². The summed E-state index contributed by atoms with van der Waals surface area (Å²) in [5.41, 5.74) is 6.54. The lowest BCUT2D eigenvalue weighted by atomic mass is 9.97. The maximum atomic E-state index is 15.0. The Bertz CT molecular complexity index is 1560. The predicted molar refractivity (Wildman–Crippen MR) is 109 cm³/mol. The third-order valence-corrected chi connectivity index (χ3v) is 6.16. The molecule has 0 spiro atoms. The van der Waals surface area contributed by atoms with E-state index < -0.39 is 0 Å². The summed E-state index contributed by atoms with van der Waals surface area (Å²) in [7, 11) is 2.10. The lowest BCUT2D eigenvalue weighted by Gasteiger charge is -2.13. The first kappa shape index (κ1) is 14.9. The van der Waals surface area contributed by atoms with Gasteiger partial charge in [0.2, 0.25) is 5.52 Å². The fourth-order valence-electron chi connectivity index (χ4n) is 4.83. The number of aromatic nitrogens is 2. The third kappa shape index (κ3) is 1.63. The van der Waals surface area contributed by atoms with Gasteiger partial charge in [0, 0.05) is 16.8 Å². The number of halogens is 1. The summed E-state index contributed by atoms with van der Waals surface area (Å²) in [6, 6.07) is 16.1. The van der Waals surface area contributed by atoms with Crippen molar-refractivity contribution in [1.82, 2.24) is 4.40 Å². The van der Waals surface area contributed by atoms with Crippen molar-refractivity contribution < 1.29 is 8.96 Å². The summed E-state index contributed by atoms with van der Waals surface area (Å²) < 4.78 is 19.4. The minimum Gasteiger partial charge on any atom is -0.305 e. The highest BCUT2D eigenvalue weighted by Gasteiger charge is 2.25. The Kier molecular flexibility index (Phi) is 2.62. The van der Waals surface area contributed by atoms with E-state index in [1.165, 1.54) is 32.8 Å². The van der Waals surface area contributed by atoms with Crippen molar-refractivity contribution in [2.24, 2.45) is 7.05 Å². The van der Waals surface area contributed by atoms with Crippen LogP contribution in [0.4, 0.5) is 4.39 Å². The van der Waals surface area contributed by atoms with Crippen molar-refractivity contribution in [1.29, 1.82) is 0 Å². The second-order valence-corrected chi connectivity index (χ2v) is 7.58. The monoisotopic (exact) mass is 353 g/mol. The van der Waals surface area contributed by atoms with Gasteiger partial charge in [0.05, 0.1) is 27.3 Å². The normalized spacial score (nSPS) is 12.4. The molecule has 0 saturated carbocycles. The van der Waals surface area contributed by atoms with Gasteiger partial charge in [-0.3, -0.25) is 0 Å². The Morgan fingerprint density at radius 1 is 0.889 bits per heavy atom. The van der Waals surface area contributed by atoms with Gasteiger partial charge in [-0.2, -0.15) is 0 Å². The summed E-state index contributed by atoms with van der Waals surface area (Å²) in [5.74, 6) is -0.175. The Morgan fingerprint density at radius 2 is 1.70 bits per heavy atom. The van der Waals surface area contributed by atoms with Crippen LogP contribution in [0.15, 0.2) is 54.7 Å². The van der Waals surface area contributed by atoms with Gasteiger partial charge in [-0.25, -0.2) is 8.96 Å². The molecule has 130 valence electrons. The fourth-order valence-corrected chi connectivity index (χ4v) is 4.83. The van der Waals surface area contributed by atoms with Crippen LogP contribution in [-0.4, -0.2) is 4.40 Å². The van der Waals surface area contributed by atoms with Crippen molar-refractivity contribution >= 4 is 49.0 Å². The quantitative estimate of drug-likeness (QED) is 0.192. The first-order valence-electron chi connectivity index (χ1n) is 9.23. The standard InChI is InChI=1S/C24H18FN2/c1-13-12-17-16-7-5-8-18(25)22(16)27-19-9-4-6-15-10-11-26(3)24(21(15)19)20(14(13)2)23(17)27/h4-12H,1-3H3/q+1. The van der Waals surface area contributed by atoms with E-state index in [2.05, 4.69) is 66.4 Å². The number of rotatable bonds is 0. The number of fused-ring (bicyclic) bond motifs is 5. The van der Waals surface area contributed by atoms with Crippen molar-refractivity contribution in [2.45, 2.75) is 13.8 Å². The Morgan fingerprint density at radius 3 is 2.56 bits per heavy atom. The van der Waals surface area contributed by atoms with E-state index in [0.29, 0.717) is 5.52 Å². The second kappa shape index (κ2) is 4.74. The Labute approximate surface area is 155 Å². The summed E-state index contributed by atoms with van der Waals surface area (Å²) >= 11 is 0. The van der Waals surface area contributed by atoms with Crippen molar-refractivity contribution in [3.8, 4) is 0 Å². The number of hydrogen-bond acceptors (Lipinski definition) is 0. The van der Waals surface area contributed by atoms with E-state index in [9.17, 15) is 0 Å². The highest BCUT2D eigenvalue weighted by molar-refractivity contribution is 6.26. The van der Waals surface area contributed by atoms with Crippen LogP contribution in [0.3, 0.4) is 0 Å². The molecular formula is C24H18FN2+. The highest BCUT2D eigenvalue weighted by atomic mass is 19.1. The molecule has 0 bridgehead atoms. The lowest BCUT2D eigenvalue weighted by molar-refractivity contribution is -0.643. The highest BCUT2D eigenvalue weighted by Crippen LogP contribution is 2.41. The minimum atomic E-state index is -0.175. The molecule has 0 aliphatic carbocycles. The molecular weight excluding hydrogens is 335 g/mol. The molecule has 0 fully saturated rings. The van der Waals surface area contributed by atoms with Gasteiger partial charge in [0.25, 0.3) is 0 Å². The number of pyridine rings is 2. The van der Waals surface area contributed by atoms with Gasteiger partial charge in [0.1, 0.15) is 12.9 Å². The van der Waals surface area contributed by atoms with Crippen LogP contribution < -0.4 is 4.57 Å². The summed E-state index contributed by atoms with van der Waals surface area (Å²) in [6.07, 6.45) is 2.12. The largest absolute Gasteiger partial charge is 0.305 e. The van der Waals surface area contributed by atoms with Crippen LogP contribution in [-0.2, 0) is 7.05 Å². The van der Waals surface area contributed by atoms with Gasteiger partial charge in [0.15, 0.2) is 6.20 Å². The zero-order valence-corrected chi connectivity index (χ0v) is 15.5. The first-order chi connectivity index (χ1) is 13.1. The van der Waals surface area contributed by atoms with E-state index in [-0.39, 0.29) is 5.82 Å². The van der Waals surface area contributed by atoms with E-state index in [1.54, 1.807) is 6.07 Å². The molecule has 0 aliphatic heterocycles. The topological polar surface area (TPSA) is 8.29 Å². The zero-order valence-electron chi connectivity index (χ0n) is 15.5. The van der Waals surface area contributed by atoms with Crippen LogP contribution in [0.1, 0.15) is 11.1 Å². The average molecular weight is 353 g/mol. The molecule has 0 atom stereocenters. The van der Waals surface area contributed by atoms with Crippen LogP contribution in [0.25, 0.3) is 49.0 Å². The lowest BCUT2D eigenvalue weighted by Crippen LogP contribution is -2.29. The molecule has 0 amide bonds. The maximum Gasteiger partial charge on any atom is 0.224 e. The molecule has 3 heteroatoms. The molecule has 3 aromatic carbocycles. The van der Waals surface area contributed by atoms with Gasteiger partial charge in [-0.15, -0.1) is 0 Å². The molecule has 0 N–H and O–H groups in total. The molecule has 0 saturated heterocycles. The molecule has 2 nitrogen and oxygen atoms in total. The molecule has 3 heterocycles. The van der Waals surface area contributed by atoms with Crippen LogP contribution in [0, 0.1) is 19.7 Å². The number of para-hydroxylation sites is 1.